The van der Waals surface area contributed by atoms with E-state index >= 15 is 0 Å². The van der Waals surface area contributed by atoms with Crippen molar-refractivity contribution >= 4 is 79.9 Å². The molecule has 4 aromatic carbocycles. The zero-order chi connectivity index (χ0) is 31.5. The number of hydrogen-bond donors (Lipinski definition) is 3. The summed E-state index contributed by atoms with van der Waals surface area (Å²) in [5.41, 5.74) is 4.70. The number of benzene rings is 4. The first kappa shape index (κ1) is 31.6. The lowest BCUT2D eigenvalue weighted by molar-refractivity contribution is 0.483. The summed E-state index contributed by atoms with van der Waals surface area (Å²) in [5, 5.41) is 30.7. The van der Waals surface area contributed by atoms with Crippen molar-refractivity contribution in [2.75, 3.05) is 0 Å². The van der Waals surface area contributed by atoms with Crippen LogP contribution >= 0.6 is 0 Å². The van der Waals surface area contributed by atoms with Crippen LogP contribution in [-0.4, -0.2) is 62.4 Å². The van der Waals surface area contributed by atoms with Crippen molar-refractivity contribution in [3.8, 4) is 17.2 Å². The second-order valence-electron chi connectivity index (χ2n) is 12.7. The minimum absolute atomic E-state index is 0.142. The molecule has 9 heteroatoms. The third-order valence-electron chi connectivity index (χ3n) is 8.77. The first-order valence-electron chi connectivity index (χ1n) is 13.6. The molecule has 0 atom stereocenters. The topological polar surface area (TPSA) is 60.7 Å². The second kappa shape index (κ2) is 10.7. The number of phenols is 3. The Bertz CT molecular complexity index is 1430. The molecular formula is C33H30B6O3. The molecule has 42 heavy (non-hydrogen) atoms. The number of phenolic OH excluding ortho intramolecular Hbond substituents is 3. The van der Waals surface area contributed by atoms with E-state index in [1.54, 1.807) is 36.4 Å². The van der Waals surface area contributed by atoms with E-state index in [0.29, 0.717) is 0 Å². The maximum absolute atomic E-state index is 10.2. The minimum atomic E-state index is -0.604. The van der Waals surface area contributed by atoms with Gasteiger partial charge in [0.1, 0.15) is 64.3 Å². The van der Waals surface area contributed by atoms with Crippen molar-refractivity contribution in [1.29, 1.82) is 0 Å². The average molecular weight is 539 g/mol. The third kappa shape index (κ3) is 5.43. The van der Waals surface area contributed by atoms with Gasteiger partial charge in [-0.25, -0.2) is 0 Å². The molecule has 0 bridgehead atoms. The number of rotatable bonds is 6. The van der Waals surface area contributed by atoms with Crippen molar-refractivity contribution in [2.24, 2.45) is 0 Å². The first-order valence-corrected chi connectivity index (χ1v) is 13.6. The molecule has 0 aliphatic carbocycles. The van der Waals surface area contributed by atoms with E-state index in [1.807, 2.05) is 0 Å². The summed E-state index contributed by atoms with van der Waals surface area (Å²) in [7, 11) is 36.7. The smallest absolute Gasteiger partial charge is 0.118 e. The predicted octanol–water partition coefficient (Wildman–Crippen LogP) is 0.544. The SMILES string of the molecule is [B]c1cc(C(C)(C)c2cc(C(C)(C)c3cc([B])c(O)c([B])c3)cc(C(C)(C)c3cc([B])c(O)c([B])c3)c2)cc([B])c1O. The van der Waals surface area contributed by atoms with Crippen LogP contribution < -0.4 is 32.8 Å². The Hall–Kier alpha value is -3.33. The van der Waals surface area contributed by atoms with Crippen LogP contribution in [0.1, 0.15) is 74.9 Å². The van der Waals surface area contributed by atoms with Crippen LogP contribution in [0.2, 0.25) is 0 Å². The summed E-state index contributed by atoms with van der Waals surface area (Å²) < 4.78 is 0. The lowest BCUT2D eigenvalue weighted by Crippen LogP contribution is -2.30. The molecule has 0 unspecified atom stereocenters. The predicted molar refractivity (Wildman–Crippen MR) is 179 cm³/mol. The van der Waals surface area contributed by atoms with Gasteiger partial charge in [-0.15, -0.1) is 0 Å². The highest BCUT2D eigenvalue weighted by Gasteiger charge is 2.33. The molecule has 0 aliphatic rings. The van der Waals surface area contributed by atoms with Crippen molar-refractivity contribution < 1.29 is 15.3 Å². The van der Waals surface area contributed by atoms with E-state index < -0.39 is 16.2 Å². The maximum atomic E-state index is 10.2. The normalized spacial score (nSPS) is 12.4. The van der Waals surface area contributed by atoms with Gasteiger partial charge in [-0.05, 0) is 33.4 Å². The molecule has 0 spiro atoms. The summed E-state index contributed by atoms with van der Waals surface area (Å²) in [6.45, 7) is 12.4. The fourth-order valence-electron chi connectivity index (χ4n) is 5.33. The standard InChI is InChI=1S/C33H30B6O3/c1-31(2,19-10-22(34)28(40)23(35)11-19)16-7-17(32(3,4)20-12-24(36)29(41)25(37)13-20)9-18(8-16)33(5,6)21-14-26(38)30(42)27(39)15-21/h7-15,40-42H,1-6H3. The van der Waals surface area contributed by atoms with Crippen molar-refractivity contribution in [1.82, 2.24) is 0 Å². The van der Waals surface area contributed by atoms with Gasteiger partial charge in [0.05, 0.1) is 0 Å². The van der Waals surface area contributed by atoms with Gasteiger partial charge in [-0.2, -0.15) is 0 Å². The van der Waals surface area contributed by atoms with Crippen LogP contribution in [-0.2, 0) is 16.2 Å². The van der Waals surface area contributed by atoms with E-state index in [4.69, 9.17) is 47.1 Å². The van der Waals surface area contributed by atoms with Crippen molar-refractivity contribution in [3.63, 3.8) is 0 Å². The monoisotopic (exact) mass is 540 g/mol. The van der Waals surface area contributed by atoms with E-state index in [-0.39, 0.29) is 50.0 Å². The van der Waals surface area contributed by atoms with Gasteiger partial charge in [-0.3, -0.25) is 0 Å². The number of hydrogen-bond acceptors (Lipinski definition) is 3. The van der Waals surface area contributed by atoms with Gasteiger partial charge in [0.2, 0.25) is 0 Å². The maximum Gasteiger partial charge on any atom is 0.118 e. The molecule has 4 aromatic rings. The van der Waals surface area contributed by atoms with Crippen LogP contribution in [0.15, 0.2) is 54.6 Å². The number of aromatic hydroxyl groups is 3. The van der Waals surface area contributed by atoms with E-state index in [2.05, 4.69) is 59.7 Å². The Morgan fingerprint density at radius 1 is 0.333 bits per heavy atom. The summed E-state index contributed by atoms with van der Waals surface area (Å²) in [6.07, 6.45) is 0. The molecule has 4 rings (SSSR count). The zero-order valence-electron chi connectivity index (χ0n) is 25.0. The summed E-state index contributed by atoms with van der Waals surface area (Å²) >= 11 is 0. The molecule has 0 saturated heterocycles. The molecule has 3 nitrogen and oxygen atoms in total. The average Bonchev–Trinajstić information content (AvgIpc) is 2.91. The van der Waals surface area contributed by atoms with Crippen LogP contribution in [0.5, 0.6) is 17.2 Å². The Labute approximate surface area is 257 Å². The molecule has 0 aromatic heterocycles. The van der Waals surface area contributed by atoms with Crippen LogP contribution in [0.4, 0.5) is 0 Å². The van der Waals surface area contributed by atoms with Gasteiger partial charge in [0.25, 0.3) is 0 Å². The highest BCUT2D eigenvalue weighted by Crippen LogP contribution is 2.41. The molecule has 0 fully saturated rings. The first-order chi connectivity index (χ1) is 19.3. The highest BCUT2D eigenvalue weighted by atomic mass is 16.3. The molecule has 0 amide bonds. The summed E-state index contributed by atoms with van der Waals surface area (Å²) in [6, 6.07) is 16.8. The molecular weight excluding hydrogens is 509 g/mol. The zero-order valence-corrected chi connectivity index (χ0v) is 25.0. The molecule has 0 heterocycles. The van der Waals surface area contributed by atoms with E-state index in [9.17, 15) is 15.3 Å². The van der Waals surface area contributed by atoms with Gasteiger partial charge in [0, 0.05) is 16.2 Å². The van der Waals surface area contributed by atoms with Crippen molar-refractivity contribution in [3.05, 3.63) is 88.0 Å². The molecule has 0 saturated carbocycles. The van der Waals surface area contributed by atoms with Crippen molar-refractivity contribution in [2.45, 2.75) is 57.8 Å². The largest absolute Gasteiger partial charge is 0.509 e. The van der Waals surface area contributed by atoms with Crippen LogP contribution in [0.25, 0.3) is 0 Å². The Kier molecular flexibility index (Phi) is 8.08. The fourth-order valence-corrected chi connectivity index (χ4v) is 5.33. The van der Waals surface area contributed by atoms with Gasteiger partial charge in [0.15, 0.2) is 0 Å². The minimum Gasteiger partial charge on any atom is -0.509 e. The Morgan fingerprint density at radius 2 is 0.476 bits per heavy atom. The summed E-state index contributed by atoms with van der Waals surface area (Å²) in [4.78, 5) is 0. The molecule has 198 valence electrons. The molecule has 12 radical (unpaired) electrons. The van der Waals surface area contributed by atoms with Crippen LogP contribution in [0, 0.1) is 0 Å². The second-order valence-corrected chi connectivity index (χ2v) is 12.7. The van der Waals surface area contributed by atoms with Gasteiger partial charge < -0.3 is 15.3 Å². The lowest BCUT2D eigenvalue weighted by atomic mass is 9.67. The fraction of sp³-hybridized carbons (Fsp3) is 0.273. The van der Waals surface area contributed by atoms with Gasteiger partial charge in [-0.1, -0.05) is 129 Å². The Morgan fingerprint density at radius 3 is 0.643 bits per heavy atom. The van der Waals surface area contributed by atoms with Gasteiger partial charge >= 0.3 is 0 Å². The lowest BCUT2D eigenvalue weighted by Gasteiger charge is -2.36. The summed E-state index contributed by atoms with van der Waals surface area (Å²) in [5.74, 6) is -0.427. The quantitative estimate of drug-likeness (QED) is 0.314. The Balaban J connectivity index is 2.02. The highest BCUT2D eigenvalue weighted by molar-refractivity contribution is 6.42. The van der Waals surface area contributed by atoms with E-state index in [0.717, 1.165) is 33.4 Å². The third-order valence-corrected chi connectivity index (χ3v) is 8.77. The molecule has 0 aliphatic heterocycles. The van der Waals surface area contributed by atoms with Crippen LogP contribution in [0.3, 0.4) is 0 Å². The molecule has 3 N–H and O–H groups in total. The van der Waals surface area contributed by atoms with E-state index in [1.165, 1.54) is 0 Å².